The van der Waals surface area contributed by atoms with Gasteiger partial charge in [0.2, 0.25) is 5.91 Å². The predicted molar refractivity (Wildman–Crippen MR) is 42.3 cm³/mol. The maximum atomic E-state index is 10.7. The summed E-state index contributed by atoms with van der Waals surface area (Å²) in [6, 6.07) is 0. The van der Waals surface area contributed by atoms with Gasteiger partial charge in [0, 0.05) is 6.54 Å². The van der Waals surface area contributed by atoms with Crippen molar-refractivity contribution >= 4 is 5.91 Å². The normalized spacial score (nSPS) is 25.4. The van der Waals surface area contributed by atoms with Crippen LogP contribution in [0.3, 0.4) is 0 Å². The number of hydrogen-bond donors (Lipinski definition) is 1. The molecule has 0 aromatic carbocycles. The number of carbonyl (C=O) groups is 1. The molecule has 3 nitrogen and oxygen atoms in total. The second kappa shape index (κ2) is 2.81. The van der Waals surface area contributed by atoms with E-state index in [1.54, 1.807) is 0 Å². The van der Waals surface area contributed by atoms with Crippen LogP contribution < -0.4 is 5.32 Å². The number of hydrogen-bond acceptors (Lipinski definition) is 2. The number of amides is 1. The van der Waals surface area contributed by atoms with Crippen LogP contribution in [0.4, 0.5) is 0 Å². The zero-order chi connectivity index (χ0) is 8.48. The summed E-state index contributed by atoms with van der Waals surface area (Å²) >= 11 is 0. The first kappa shape index (κ1) is 8.53. The van der Waals surface area contributed by atoms with Crippen molar-refractivity contribution < 1.29 is 9.53 Å². The molecule has 1 saturated heterocycles. The molecular formula is C8H15NO2. The highest BCUT2D eigenvalue weighted by Gasteiger charge is 2.26. The van der Waals surface area contributed by atoms with Crippen LogP contribution in [-0.2, 0) is 9.53 Å². The Labute approximate surface area is 67.1 Å². The Morgan fingerprint density at radius 2 is 2.18 bits per heavy atom. The summed E-state index contributed by atoms with van der Waals surface area (Å²) in [7, 11) is 0. The molecule has 1 fully saturated rings. The quantitative estimate of drug-likeness (QED) is 0.608. The molecule has 0 aromatic heterocycles. The fourth-order valence-corrected chi connectivity index (χ4v) is 1.16. The largest absolute Gasteiger partial charge is 0.370 e. The van der Waals surface area contributed by atoms with E-state index >= 15 is 0 Å². The van der Waals surface area contributed by atoms with Crippen molar-refractivity contribution in [1.82, 2.24) is 5.32 Å². The topological polar surface area (TPSA) is 38.3 Å². The van der Waals surface area contributed by atoms with E-state index in [0.717, 1.165) is 0 Å². The van der Waals surface area contributed by atoms with Gasteiger partial charge in [-0.1, -0.05) is 0 Å². The molecule has 0 bridgehead atoms. The van der Waals surface area contributed by atoms with Gasteiger partial charge in [0.25, 0.3) is 0 Å². The molecule has 1 atom stereocenters. The Kier molecular flexibility index (Phi) is 2.18. The summed E-state index contributed by atoms with van der Waals surface area (Å²) in [6.07, 6.45) is 0.583. The first-order valence-electron chi connectivity index (χ1n) is 3.92. The third kappa shape index (κ3) is 2.89. The van der Waals surface area contributed by atoms with Crippen LogP contribution in [0, 0.1) is 0 Å². The molecule has 0 radical (unpaired) electrons. The van der Waals surface area contributed by atoms with Crippen LogP contribution in [0.15, 0.2) is 0 Å². The van der Waals surface area contributed by atoms with E-state index in [4.69, 9.17) is 4.74 Å². The molecule has 1 rings (SSSR count). The monoisotopic (exact) mass is 157 g/mol. The van der Waals surface area contributed by atoms with Gasteiger partial charge in [-0.15, -0.1) is 0 Å². The van der Waals surface area contributed by atoms with Crippen LogP contribution >= 0.6 is 0 Å². The number of carbonyl (C=O) groups excluding carboxylic acids is 1. The molecule has 1 aliphatic heterocycles. The molecule has 0 aliphatic carbocycles. The molecule has 1 amide bonds. The lowest BCUT2D eigenvalue weighted by molar-refractivity contribution is -0.120. The van der Waals surface area contributed by atoms with Gasteiger partial charge in [-0.05, 0) is 20.8 Å². The van der Waals surface area contributed by atoms with Crippen LogP contribution in [0.2, 0.25) is 0 Å². The van der Waals surface area contributed by atoms with Gasteiger partial charge in [0.15, 0.2) is 0 Å². The average molecular weight is 157 g/mol. The second-order valence-corrected chi connectivity index (χ2v) is 3.86. The summed E-state index contributed by atoms with van der Waals surface area (Å²) in [5, 5.41) is 2.73. The molecule has 3 heteroatoms. The lowest BCUT2D eigenvalue weighted by Gasteiger charge is -2.23. The number of ether oxygens (including phenoxy) is 1. The molecule has 1 heterocycles. The lowest BCUT2D eigenvalue weighted by atomic mass is 10.2. The van der Waals surface area contributed by atoms with E-state index in [-0.39, 0.29) is 17.6 Å². The first-order chi connectivity index (χ1) is 4.97. The zero-order valence-electron chi connectivity index (χ0n) is 7.31. The fraction of sp³-hybridized carbons (Fsp3) is 0.875. The van der Waals surface area contributed by atoms with Crippen LogP contribution in [0.5, 0.6) is 0 Å². The Morgan fingerprint density at radius 3 is 2.55 bits per heavy atom. The Morgan fingerprint density at radius 1 is 1.55 bits per heavy atom. The maximum Gasteiger partial charge on any atom is 0.222 e. The molecule has 64 valence electrons. The van der Waals surface area contributed by atoms with Crippen molar-refractivity contribution in [2.75, 3.05) is 6.54 Å². The molecule has 1 aliphatic rings. The highest BCUT2D eigenvalue weighted by molar-refractivity contribution is 5.78. The molecular weight excluding hydrogens is 142 g/mol. The van der Waals surface area contributed by atoms with Gasteiger partial charge >= 0.3 is 0 Å². The molecule has 1 N–H and O–H groups in total. The van der Waals surface area contributed by atoms with Gasteiger partial charge in [0.05, 0.1) is 18.1 Å². The van der Waals surface area contributed by atoms with Gasteiger partial charge in [-0.2, -0.15) is 0 Å². The van der Waals surface area contributed by atoms with Crippen LogP contribution in [0.25, 0.3) is 0 Å². The SMILES string of the molecule is CC(C)(C)OC1CNC(=O)C1. The summed E-state index contributed by atoms with van der Waals surface area (Å²) < 4.78 is 5.59. The van der Waals surface area contributed by atoms with Crippen molar-refractivity contribution in [3.63, 3.8) is 0 Å². The summed E-state index contributed by atoms with van der Waals surface area (Å²) in [5.41, 5.74) is -0.142. The molecule has 1 unspecified atom stereocenters. The Hall–Kier alpha value is -0.570. The minimum absolute atomic E-state index is 0.0718. The van der Waals surface area contributed by atoms with Gasteiger partial charge < -0.3 is 10.1 Å². The van der Waals surface area contributed by atoms with E-state index in [2.05, 4.69) is 5.32 Å². The number of rotatable bonds is 1. The minimum Gasteiger partial charge on any atom is -0.370 e. The highest BCUT2D eigenvalue weighted by atomic mass is 16.5. The van der Waals surface area contributed by atoms with E-state index in [9.17, 15) is 4.79 Å². The van der Waals surface area contributed by atoms with Gasteiger partial charge in [-0.3, -0.25) is 4.79 Å². The summed E-state index contributed by atoms with van der Waals surface area (Å²) in [4.78, 5) is 10.7. The predicted octanol–water partition coefficient (Wildman–Crippen LogP) is 0.690. The average Bonchev–Trinajstić information content (AvgIpc) is 2.10. The van der Waals surface area contributed by atoms with Crippen molar-refractivity contribution in [1.29, 1.82) is 0 Å². The van der Waals surface area contributed by atoms with E-state index in [1.165, 1.54) is 0 Å². The highest BCUT2D eigenvalue weighted by Crippen LogP contribution is 2.15. The third-order valence-corrected chi connectivity index (χ3v) is 1.46. The van der Waals surface area contributed by atoms with E-state index in [0.29, 0.717) is 13.0 Å². The lowest BCUT2D eigenvalue weighted by Crippen LogP contribution is -2.28. The van der Waals surface area contributed by atoms with Crippen molar-refractivity contribution in [3.8, 4) is 0 Å². The second-order valence-electron chi connectivity index (χ2n) is 3.86. The molecule has 11 heavy (non-hydrogen) atoms. The minimum atomic E-state index is -0.142. The summed E-state index contributed by atoms with van der Waals surface area (Å²) in [6.45, 7) is 6.65. The molecule has 0 saturated carbocycles. The third-order valence-electron chi connectivity index (χ3n) is 1.46. The van der Waals surface area contributed by atoms with Gasteiger partial charge in [0.1, 0.15) is 0 Å². The first-order valence-corrected chi connectivity index (χ1v) is 3.92. The van der Waals surface area contributed by atoms with E-state index in [1.807, 2.05) is 20.8 Å². The standard InChI is InChI=1S/C8H15NO2/c1-8(2,3)11-6-4-7(10)9-5-6/h6H,4-5H2,1-3H3,(H,9,10). The van der Waals surface area contributed by atoms with Crippen LogP contribution in [0.1, 0.15) is 27.2 Å². The number of nitrogens with one attached hydrogen (secondary N) is 1. The smallest absolute Gasteiger partial charge is 0.222 e. The van der Waals surface area contributed by atoms with Crippen molar-refractivity contribution in [2.45, 2.75) is 38.9 Å². The van der Waals surface area contributed by atoms with E-state index < -0.39 is 0 Å². The Balaban J connectivity index is 2.34. The summed E-state index contributed by atoms with van der Waals surface area (Å²) in [5.74, 6) is 0.0965. The molecule has 0 spiro atoms. The Bertz CT molecular complexity index is 160. The van der Waals surface area contributed by atoms with Gasteiger partial charge in [-0.25, -0.2) is 0 Å². The maximum absolute atomic E-state index is 10.7. The fourth-order valence-electron chi connectivity index (χ4n) is 1.16. The van der Waals surface area contributed by atoms with Crippen LogP contribution in [-0.4, -0.2) is 24.2 Å². The zero-order valence-corrected chi connectivity index (χ0v) is 7.31. The van der Waals surface area contributed by atoms with Crippen molar-refractivity contribution in [3.05, 3.63) is 0 Å². The van der Waals surface area contributed by atoms with Crippen molar-refractivity contribution in [2.24, 2.45) is 0 Å². The molecule has 0 aromatic rings.